The molecule has 7 heteroatoms. The molecule has 0 spiro atoms. The van der Waals surface area contributed by atoms with Crippen molar-refractivity contribution in [1.29, 1.82) is 0 Å². The van der Waals surface area contributed by atoms with Crippen molar-refractivity contribution in [2.24, 2.45) is 10.4 Å². The van der Waals surface area contributed by atoms with Gasteiger partial charge in [0.15, 0.2) is 5.96 Å². The Balaban J connectivity index is 0.00000320. The van der Waals surface area contributed by atoms with Crippen LogP contribution in [0, 0.1) is 5.41 Å². The Morgan fingerprint density at radius 2 is 1.93 bits per heavy atom. The lowest BCUT2D eigenvalue weighted by Crippen LogP contribution is -2.44. The van der Waals surface area contributed by atoms with Gasteiger partial charge in [0.25, 0.3) is 0 Å². The molecule has 1 atom stereocenters. The summed E-state index contributed by atoms with van der Waals surface area (Å²) in [5.74, 6) is 0.798. The van der Waals surface area contributed by atoms with Gasteiger partial charge in [-0.1, -0.05) is 37.1 Å². The molecule has 2 saturated heterocycles. The number of aliphatic imine (C=N–C) groups is 1. The smallest absolute Gasteiger partial charge is 0.191 e. The minimum absolute atomic E-state index is 0. The Hall–Kier alpha value is -0.900. The first kappa shape index (κ1) is 25.4. The summed E-state index contributed by atoms with van der Waals surface area (Å²) in [4.78, 5) is 6.95. The zero-order valence-corrected chi connectivity index (χ0v) is 20.7. The number of benzene rings is 1. The van der Waals surface area contributed by atoms with Crippen LogP contribution in [0.4, 0.5) is 0 Å². The summed E-state index contributed by atoms with van der Waals surface area (Å²) in [6, 6.07) is 8.88. The number of halogens is 1. The van der Waals surface area contributed by atoms with Gasteiger partial charge in [-0.05, 0) is 49.9 Å². The monoisotopic (exact) mass is 530 g/mol. The predicted octanol–water partition coefficient (Wildman–Crippen LogP) is 3.13. The lowest BCUT2D eigenvalue weighted by molar-refractivity contribution is 0.127. The number of guanidine groups is 1. The molecular formula is C23H39IN4O2. The van der Waals surface area contributed by atoms with Crippen molar-refractivity contribution in [3.63, 3.8) is 0 Å². The topological polar surface area (TPSA) is 69.1 Å². The van der Waals surface area contributed by atoms with Crippen molar-refractivity contribution in [3.05, 3.63) is 35.4 Å². The molecule has 30 heavy (non-hydrogen) atoms. The average Bonchev–Trinajstić information content (AvgIpc) is 3.04. The van der Waals surface area contributed by atoms with Crippen LogP contribution in [0.5, 0.6) is 0 Å². The molecule has 3 rings (SSSR count). The lowest BCUT2D eigenvalue weighted by atomic mass is 9.84. The molecule has 0 saturated carbocycles. The third-order valence-corrected chi connectivity index (χ3v) is 6.24. The van der Waals surface area contributed by atoms with E-state index in [1.807, 2.05) is 0 Å². The number of ether oxygens (including phenoxy) is 1. The Morgan fingerprint density at radius 1 is 1.17 bits per heavy atom. The number of aliphatic hydroxyl groups is 1. The Bertz CT molecular complexity index is 642. The van der Waals surface area contributed by atoms with Gasteiger partial charge in [-0.15, -0.1) is 24.0 Å². The van der Waals surface area contributed by atoms with E-state index in [9.17, 15) is 5.11 Å². The van der Waals surface area contributed by atoms with Crippen molar-refractivity contribution < 1.29 is 9.84 Å². The van der Waals surface area contributed by atoms with Crippen molar-refractivity contribution in [1.82, 2.24) is 15.5 Å². The number of aliphatic hydroxyl groups excluding tert-OH is 1. The maximum atomic E-state index is 9.39. The van der Waals surface area contributed by atoms with Crippen LogP contribution in [0.3, 0.4) is 0 Å². The largest absolute Gasteiger partial charge is 0.396 e. The highest BCUT2D eigenvalue weighted by Crippen LogP contribution is 2.31. The van der Waals surface area contributed by atoms with E-state index in [-0.39, 0.29) is 36.0 Å². The fourth-order valence-electron chi connectivity index (χ4n) is 4.38. The first-order valence-corrected chi connectivity index (χ1v) is 11.2. The molecule has 3 N–H and O–H groups in total. The molecule has 6 nitrogen and oxygen atoms in total. The Labute approximate surface area is 198 Å². The van der Waals surface area contributed by atoms with E-state index in [1.165, 1.54) is 49.9 Å². The predicted molar refractivity (Wildman–Crippen MR) is 133 cm³/mol. The minimum Gasteiger partial charge on any atom is -0.396 e. The molecule has 1 aromatic carbocycles. The maximum absolute atomic E-state index is 9.39. The van der Waals surface area contributed by atoms with Crippen LogP contribution < -0.4 is 10.6 Å². The van der Waals surface area contributed by atoms with Gasteiger partial charge in [0.1, 0.15) is 0 Å². The fourth-order valence-corrected chi connectivity index (χ4v) is 4.38. The van der Waals surface area contributed by atoms with Crippen LogP contribution in [-0.2, 0) is 17.8 Å². The van der Waals surface area contributed by atoms with Crippen LogP contribution >= 0.6 is 24.0 Å². The van der Waals surface area contributed by atoms with Crippen molar-refractivity contribution in [2.45, 2.75) is 51.6 Å². The van der Waals surface area contributed by atoms with Crippen LogP contribution in [0.15, 0.2) is 29.3 Å². The molecule has 1 aromatic rings. The van der Waals surface area contributed by atoms with E-state index >= 15 is 0 Å². The summed E-state index contributed by atoms with van der Waals surface area (Å²) in [5.41, 5.74) is 2.67. The summed E-state index contributed by atoms with van der Waals surface area (Å²) in [6.07, 6.45) is 7.14. The molecule has 2 fully saturated rings. The van der Waals surface area contributed by atoms with Gasteiger partial charge in [-0.2, -0.15) is 0 Å². The van der Waals surface area contributed by atoms with Gasteiger partial charge < -0.3 is 20.5 Å². The highest BCUT2D eigenvalue weighted by Gasteiger charge is 2.34. The average molecular weight is 530 g/mol. The third-order valence-electron chi connectivity index (χ3n) is 6.24. The molecule has 1 unspecified atom stereocenters. The SMILES string of the molecule is CN=C(NCc1cccc(CN2CCCCCC2)c1)NCC1(CCO)CCOC1.I. The molecule has 0 aromatic heterocycles. The van der Waals surface area contributed by atoms with Crippen molar-refractivity contribution >= 4 is 29.9 Å². The molecule has 0 aliphatic carbocycles. The van der Waals surface area contributed by atoms with Gasteiger partial charge in [-0.3, -0.25) is 9.89 Å². The van der Waals surface area contributed by atoms with Crippen LogP contribution in [0.1, 0.15) is 49.7 Å². The molecule has 170 valence electrons. The maximum Gasteiger partial charge on any atom is 0.191 e. The van der Waals surface area contributed by atoms with Crippen molar-refractivity contribution in [2.75, 3.05) is 46.5 Å². The zero-order valence-electron chi connectivity index (χ0n) is 18.4. The second kappa shape index (κ2) is 13.5. The normalized spacial score (nSPS) is 22.9. The summed E-state index contributed by atoms with van der Waals surface area (Å²) >= 11 is 0. The van der Waals surface area contributed by atoms with E-state index in [4.69, 9.17) is 4.74 Å². The Morgan fingerprint density at radius 3 is 2.60 bits per heavy atom. The quantitative estimate of drug-likeness (QED) is 0.274. The number of nitrogens with zero attached hydrogens (tertiary/aromatic N) is 2. The second-order valence-electron chi connectivity index (χ2n) is 8.57. The first-order chi connectivity index (χ1) is 14.2. The van der Waals surface area contributed by atoms with E-state index in [1.54, 1.807) is 7.05 Å². The van der Waals surface area contributed by atoms with E-state index in [2.05, 4.69) is 44.8 Å². The Kier molecular flexibility index (Phi) is 11.4. The minimum atomic E-state index is 0. The summed E-state index contributed by atoms with van der Waals surface area (Å²) < 4.78 is 5.58. The standard InChI is InChI=1S/C23H38N4O2.HI/c1-24-22(26-18-23(9-13-28)10-14-29-19-23)25-16-20-7-6-8-21(15-20)17-27-11-4-2-3-5-12-27;/h6-8,15,28H,2-5,9-14,16-19H2,1H3,(H2,24,25,26);1H. The summed E-state index contributed by atoms with van der Waals surface area (Å²) in [5, 5.41) is 16.3. The van der Waals surface area contributed by atoms with Gasteiger partial charge in [-0.25, -0.2) is 0 Å². The molecule has 0 bridgehead atoms. The molecule has 0 radical (unpaired) electrons. The summed E-state index contributed by atoms with van der Waals surface area (Å²) in [7, 11) is 1.80. The van der Waals surface area contributed by atoms with Crippen LogP contribution in [0.25, 0.3) is 0 Å². The van der Waals surface area contributed by atoms with Crippen molar-refractivity contribution in [3.8, 4) is 0 Å². The number of likely N-dealkylation sites (tertiary alicyclic amines) is 1. The van der Waals surface area contributed by atoms with E-state index < -0.39 is 0 Å². The van der Waals surface area contributed by atoms with Gasteiger partial charge in [0, 0.05) is 45.3 Å². The molecule has 2 aliphatic rings. The number of hydrogen-bond acceptors (Lipinski definition) is 4. The van der Waals surface area contributed by atoms with Crippen LogP contribution in [0.2, 0.25) is 0 Å². The second-order valence-corrected chi connectivity index (χ2v) is 8.57. The lowest BCUT2D eigenvalue weighted by Gasteiger charge is -2.27. The number of rotatable bonds is 8. The zero-order chi connectivity index (χ0) is 20.4. The fraction of sp³-hybridized carbons (Fsp3) is 0.696. The third kappa shape index (κ3) is 7.98. The number of nitrogens with one attached hydrogen (secondary N) is 2. The van der Waals surface area contributed by atoms with Crippen LogP contribution in [-0.4, -0.2) is 62.5 Å². The van der Waals surface area contributed by atoms with E-state index in [0.717, 1.165) is 45.0 Å². The van der Waals surface area contributed by atoms with Gasteiger partial charge in [0.2, 0.25) is 0 Å². The molecule has 2 aliphatic heterocycles. The number of hydrogen-bond donors (Lipinski definition) is 3. The highest BCUT2D eigenvalue weighted by atomic mass is 127. The molecule has 2 heterocycles. The van der Waals surface area contributed by atoms with Gasteiger partial charge in [0.05, 0.1) is 6.61 Å². The first-order valence-electron chi connectivity index (χ1n) is 11.2. The molecular weight excluding hydrogens is 491 g/mol. The summed E-state index contributed by atoms with van der Waals surface area (Å²) in [6.45, 7) is 6.68. The van der Waals surface area contributed by atoms with E-state index in [0.29, 0.717) is 6.61 Å². The molecule has 0 amide bonds. The highest BCUT2D eigenvalue weighted by molar-refractivity contribution is 14.0. The van der Waals surface area contributed by atoms with Gasteiger partial charge >= 0.3 is 0 Å².